The number of aromatic nitrogens is 4. The van der Waals surface area contributed by atoms with Crippen LogP contribution in [0.25, 0.3) is 11.2 Å². The monoisotopic (exact) mass is 231 g/mol. The van der Waals surface area contributed by atoms with Gasteiger partial charge in [0.25, 0.3) is 5.56 Å². The Balaban J connectivity index is 2.55. The van der Waals surface area contributed by atoms with Gasteiger partial charge in [-0.05, 0) is 0 Å². The number of hydrogen-bond acceptors (Lipinski definition) is 4. The van der Waals surface area contributed by atoms with E-state index in [0.29, 0.717) is 0 Å². The maximum Gasteiger partial charge on any atom is 0.429 e. The minimum Gasteiger partial charge on any atom is -0.339 e. The Kier molecular flexibility index (Phi) is 2.07. The molecule has 0 saturated heterocycles. The summed E-state index contributed by atoms with van der Waals surface area (Å²) in [4.78, 5) is 40.5. The lowest BCUT2D eigenvalue weighted by molar-refractivity contribution is 0.380. The van der Waals surface area contributed by atoms with Gasteiger partial charge >= 0.3 is 7.75 Å². The lowest BCUT2D eigenvalue weighted by atomic mass is 10.5. The van der Waals surface area contributed by atoms with Gasteiger partial charge in [0.2, 0.25) is 5.95 Å². The Morgan fingerprint density at radius 1 is 1.47 bits per heavy atom. The van der Waals surface area contributed by atoms with E-state index in [4.69, 9.17) is 9.79 Å². The van der Waals surface area contributed by atoms with Gasteiger partial charge < -0.3 is 14.8 Å². The molecule has 0 amide bonds. The summed E-state index contributed by atoms with van der Waals surface area (Å²) in [5.41, 5.74) is -0.339. The van der Waals surface area contributed by atoms with Crippen molar-refractivity contribution >= 4 is 24.9 Å². The van der Waals surface area contributed by atoms with E-state index < -0.39 is 13.3 Å². The van der Waals surface area contributed by atoms with Crippen LogP contribution in [0, 0.1) is 0 Å². The minimum atomic E-state index is -4.49. The molecule has 80 valence electrons. The second-order valence-corrected chi connectivity index (χ2v) is 3.98. The van der Waals surface area contributed by atoms with Gasteiger partial charge in [0, 0.05) is 0 Å². The topological polar surface area (TPSA) is 144 Å². The average molecular weight is 231 g/mol. The average Bonchev–Trinajstić information content (AvgIpc) is 2.48. The molecule has 0 bridgehead atoms. The summed E-state index contributed by atoms with van der Waals surface area (Å²) in [6, 6.07) is 0. The smallest absolute Gasteiger partial charge is 0.339 e. The van der Waals surface area contributed by atoms with Crippen molar-refractivity contribution in [2.24, 2.45) is 0 Å². The molecule has 0 fully saturated rings. The fraction of sp³-hybridized carbons (Fsp3) is 0. The van der Waals surface area contributed by atoms with Crippen molar-refractivity contribution in [3.05, 3.63) is 16.7 Å². The van der Waals surface area contributed by atoms with Crippen LogP contribution in [0.5, 0.6) is 0 Å². The number of anilines is 1. The van der Waals surface area contributed by atoms with Gasteiger partial charge in [-0.2, -0.15) is 4.98 Å². The molecule has 2 aromatic heterocycles. The van der Waals surface area contributed by atoms with E-state index in [1.54, 1.807) is 5.09 Å². The SMILES string of the molecule is O=c1[nH]c(NP(=O)(O)O)nc2nc[nH]c12. The predicted octanol–water partition coefficient (Wildman–Crippen LogP) is -0.849. The van der Waals surface area contributed by atoms with Gasteiger partial charge in [-0.25, -0.2) is 9.55 Å². The van der Waals surface area contributed by atoms with Crippen LogP contribution in [0.15, 0.2) is 11.1 Å². The van der Waals surface area contributed by atoms with Crippen LogP contribution < -0.4 is 10.6 Å². The fourth-order valence-electron chi connectivity index (χ4n) is 1.03. The summed E-state index contributed by atoms with van der Waals surface area (Å²) in [7, 11) is -4.49. The quantitative estimate of drug-likeness (QED) is 0.423. The molecule has 0 atom stereocenters. The van der Waals surface area contributed by atoms with Crippen LogP contribution in [-0.2, 0) is 4.57 Å². The molecule has 15 heavy (non-hydrogen) atoms. The first-order chi connectivity index (χ1) is 6.96. The molecule has 0 aliphatic rings. The molecule has 10 heteroatoms. The van der Waals surface area contributed by atoms with Crippen molar-refractivity contribution < 1.29 is 14.4 Å². The van der Waals surface area contributed by atoms with Crippen LogP contribution in [0.4, 0.5) is 5.95 Å². The summed E-state index contributed by atoms with van der Waals surface area (Å²) in [5.74, 6) is -0.326. The summed E-state index contributed by atoms with van der Waals surface area (Å²) in [6.45, 7) is 0. The summed E-state index contributed by atoms with van der Waals surface area (Å²) in [5, 5.41) is 1.75. The van der Waals surface area contributed by atoms with Crippen LogP contribution >= 0.6 is 7.75 Å². The maximum atomic E-state index is 11.3. The number of nitrogens with zero attached hydrogens (tertiary/aromatic N) is 2. The number of H-pyrrole nitrogens is 2. The molecule has 0 aliphatic heterocycles. The van der Waals surface area contributed by atoms with Crippen LogP contribution in [0.3, 0.4) is 0 Å². The third-order valence-corrected chi connectivity index (χ3v) is 2.05. The minimum absolute atomic E-state index is 0.0784. The first-order valence-electron chi connectivity index (χ1n) is 3.73. The molecule has 0 saturated carbocycles. The number of fused-ring (bicyclic) bond motifs is 1. The molecule has 0 aliphatic carbocycles. The zero-order valence-corrected chi connectivity index (χ0v) is 8.02. The second kappa shape index (κ2) is 3.16. The highest BCUT2D eigenvalue weighted by atomic mass is 31.2. The van der Waals surface area contributed by atoms with E-state index in [1.807, 2.05) is 0 Å². The zero-order chi connectivity index (χ0) is 11.1. The van der Waals surface area contributed by atoms with Gasteiger partial charge in [-0.3, -0.25) is 14.9 Å². The van der Waals surface area contributed by atoms with Gasteiger partial charge in [0.15, 0.2) is 11.2 Å². The number of aromatic amines is 2. The predicted molar refractivity (Wildman–Crippen MR) is 50.2 cm³/mol. The van der Waals surface area contributed by atoms with Crippen molar-refractivity contribution in [1.82, 2.24) is 19.9 Å². The number of nitrogens with one attached hydrogen (secondary N) is 3. The van der Waals surface area contributed by atoms with E-state index in [1.165, 1.54) is 6.33 Å². The molecule has 0 spiro atoms. The zero-order valence-electron chi connectivity index (χ0n) is 7.13. The number of hydrogen-bond donors (Lipinski definition) is 5. The highest BCUT2D eigenvalue weighted by molar-refractivity contribution is 7.53. The molecule has 9 nitrogen and oxygen atoms in total. The van der Waals surface area contributed by atoms with Crippen LogP contribution in [0.2, 0.25) is 0 Å². The summed E-state index contributed by atoms with van der Waals surface area (Å²) >= 11 is 0. The Bertz CT molecular complexity index is 597. The largest absolute Gasteiger partial charge is 0.429 e. The Morgan fingerprint density at radius 3 is 2.87 bits per heavy atom. The molecule has 5 N–H and O–H groups in total. The normalized spacial score (nSPS) is 11.9. The molecule has 0 unspecified atom stereocenters. The lowest BCUT2D eigenvalue weighted by Crippen LogP contribution is -2.11. The van der Waals surface area contributed by atoms with E-state index in [2.05, 4.69) is 19.9 Å². The number of rotatable bonds is 2. The van der Waals surface area contributed by atoms with Crippen molar-refractivity contribution in [3.8, 4) is 0 Å². The third-order valence-electron chi connectivity index (χ3n) is 1.55. The molecular weight excluding hydrogens is 225 g/mol. The van der Waals surface area contributed by atoms with Gasteiger partial charge in [0.1, 0.15) is 0 Å². The highest BCUT2D eigenvalue weighted by Gasteiger charge is 2.15. The second-order valence-electron chi connectivity index (χ2n) is 2.67. The Hall–Kier alpha value is -1.70. The van der Waals surface area contributed by atoms with Crippen LogP contribution in [-0.4, -0.2) is 29.7 Å². The van der Waals surface area contributed by atoms with E-state index in [-0.39, 0.29) is 17.1 Å². The molecule has 2 heterocycles. The highest BCUT2D eigenvalue weighted by Crippen LogP contribution is 2.33. The van der Waals surface area contributed by atoms with Gasteiger partial charge in [0.05, 0.1) is 6.33 Å². The number of imidazole rings is 1. The molecule has 0 aromatic carbocycles. The third kappa shape index (κ3) is 2.04. The Labute approximate surface area is 81.8 Å². The van der Waals surface area contributed by atoms with Crippen molar-refractivity contribution in [2.45, 2.75) is 0 Å². The van der Waals surface area contributed by atoms with E-state index in [0.717, 1.165) is 0 Å². The molecular formula is C5H6N5O4P. The summed E-state index contributed by atoms with van der Waals surface area (Å²) < 4.78 is 10.6. The first-order valence-corrected chi connectivity index (χ1v) is 5.34. The Morgan fingerprint density at radius 2 is 2.20 bits per heavy atom. The lowest BCUT2D eigenvalue weighted by Gasteiger charge is -2.05. The fourth-order valence-corrected chi connectivity index (χ4v) is 1.42. The van der Waals surface area contributed by atoms with Crippen molar-refractivity contribution in [2.75, 3.05) is 5.09 Å². The molecule has 0 radical (unpaired) electrons. The van der Waals surface area contributed by atoms with Gasteiger partial charge in [-0.15, -0.1) is 0 Å². The first kappa shape index (κ1) is 9.84. The molecule has 2 rings (SSSR count). The van der Waals surface area contributed by atoms with E-state index >= 15 is 0 Å². The van der Waals surface area contributed by atoms with Gasteiger partial charge in [-0.1, -0.05) is 0 Å². The molecule has 2 aromatic rings. The van der Waals surface area contributed by atoms with Crippen molar-refractivity contribution in [1.29, 1.82) is 0 Å². The van der Waals surface area contributed by atoms with Crippen LogP contribution in [0.1, 0.15) is 0 Å². The maximum absolute atomic E-state index is 11.3. The van der Waals surface area contributed by atoms with E-state index in [9.17, 15) is 9.36 Å². The summed E-state index contributed by atoms with van der Waals surface area (Å²) in [6.07, 6.45) is 1.26. The standard InChI is InChI=1S/C5H6N5O4P/c11-4-2-3(7-1-6-2)8-5(9-4)10-15(12,13)14/h1H,(H5,6,7,8,9,10,11,12,13,14). The van der Waals surface area contributed by atoms with Crippen molar-refractivity contribution in [3.63, 3.8) is 0 Å².